The first kappa shape index (κ1) is 12.2. The van der Waals surface area contributed by atoms with Crippen molar-refractivity contribution < 1.29 is 0 Å². The Hall–Kier alpha value is -1.26. The fourth-order valence-corrected chi connectivity index (χ4v) is 2.01. The number of hydrogen-bond donors (Lipinski definition) is 1. The molecule has 2 rings (SSSR count). The smallest absolute Gasteiger partial charge is 0.159 e. The zero-order valence-electron chi connectivity index (χ0n) is 9.60. The van der Waals surface area contributed by atoms with Gasteiger partial charge in [0.15, 0.2) is 5.82 Å². The maximum Gasteiger partial charge on any atom is 0.159 e. The molecule has 0 spiro atoms. The summed E-state index contributed by atoms with van der Waals surface area (Å²) in [6, 6.07) is 9.97. The second kappa shape index (κ2) is 5.38. The summed E-state index contributed by atoms with van der Waals surface area (Å²) in [5.74, 6) is 0.740. The van der Waals surface area contributed by atoms with E-state index in [1.54, 1.807) is 6.20 Å². The number of rotatable bonds is 3. The molecule has 0 aliphatic rings. The molecule has 2 aromatic rings. The van der Waals surface area contributed by atoms with Crippen LogP contribution in [-0.2, 0) is 6.42 Å². The van der Waals surface area contributed by atoms with Gasteiger partial charge in [0.1, 0.15) is 0 Å². The van der Waals surface area contributed by atoms with Gasteiger partial charge in [0, 0.05) is 34.4 Å². The zero-order valence-corrected chi connectivity index (χ0v) is 11.2. The van der Waals surface area contributed by atoms with Crippen molar-refractivity contribution in [2.75, 3.05) is 0 Å². The van der Waals surface area contributed by atoms with Gasteiger partial charge in [0.2, 0.25) is 0 Å². The molecule has 0 bridgehead atoms. The molecular weight excluding hydrogens is 278 g/mol. The van der Waals surface area contributed by atoms with Crippen LogP contribution in [0.15, 0.2) is 41.0 Å². The summed E-state index contributed by atoms with van der Waals surface area (Å²) < 4.78 is 1.02. The van der Waals surface area contributed by atoms with Crippen LogP contribution in [0, 0.1) is 0 Å². The molecule has 1 aromatic heterocycles. The van der Waals surface area contributed by atoms with Crippen LogP contribution in [0.4, 0.5) is 0 Å². The summed E-state index contributed by atoms with van der Waals surface area (Å²) in [7, 11) is 0. The highest BCUT2D eigenvalue weighted by Crippen LogP contribution is 2.19. The summed E-state index contributed by atoms with van der Waals surface area (Å²) in [6.45, 7) is 1.97. The molecular formula is C13H14BrN3. The fourth-order valence-electron chi connectivity index (χ4n) is 1.61. The first-order chi connectivity index (χ1) is 8.15. The molecule has 2 N–H and O–H groups in total. The van der Waals surface area contributed by atoms with Gasteiger partial charge < -0.3 is 5.73 Å². The minimum atomic E-state index is 0.111. The first-order valence-corrected chi connectivity index (χ1v) is 6.28. The number of hydrogen-bond acceptors (Lipinski definition) is 3. The zero-order chi connectivity index (χ0) is 12.3. The van der Waals surface area contributed by atoms with E-state index in [0.29, 0.717) is 0 Å². The van der Waals surface area contributed by atoms with Crippen molar-refractivity contribution >= 4 is 15.9 Å². The third kappa shape index (κ3) is 3.35. The second-order valence-corrected chi connectivity index (χ2v) is 4.98. The molecule has 3 nitrogen and oxygen atoms in total. The van der Waals surface area contributed by atoms with Gasteiger partial charge in [0.25, 0.3) is 0 Å². The van der Waals surface area contributed by atoms with Crippen LogP contribution < -0.4 is 5.73 Å². The fraction of sp³-hybridized carbons (Fsp3) is 0.231. The maximum absolute atomic E-state index is 5.77. The Balaban J connectivity index is 2.33. The Labute approximate surface area is 109 Å². The van der Waals surface area contributed by atoms with Crippen LogP contribution in [0.3, 0.4) is 0 Å². The molecule has 88 valence electrons. The lowest BCUT2D eigenvalue weighted by molar-refractivity contribution is 0.720. The van der Waals surface area contributed by atoms with Gasteiger partial charge >= 0.3 is 0 Å². The van der Waals surface area contributed by atoms with Crippen LogP contribution in [0.5, 0.6) is 0 Å². The molecule has 0 aliphatic heterocycles. The summed E-state index contributed by atoms with van der Waals surface area (Å²) in [5, 5.41) is 0. The summed E-state index contributed by atoms with van der Waals surface area (Å²) in [6.07, 6.45) is 2.55. The number of nitrogens with zero attached hydrogens (tertiary/aromatic N) is 2. The van der Waals surface area contributed by atoms with Crippen LogP contribution >= 0.6 is 15.9 Å². The van der Waals surface area contributed by atoms with Crippen molar-refractivity contribution in [3.05, 3.63) is 46.7 Å². The molecule has 0 radical (unpaired) electrons. The summed E-state index contributed by atoms with van der Waals surface area (Å²) >= 11 is 3.44. The van der Waals surface area contributed by atoms with Crippen LogP contribution in [-0.4, -0.2) is 16.0 Å². The van der Waals surface area contributed by atoms with E-state index in [4.69, 9.17) is 5.73 Å². The highest BCUT2D eigenvalue weighted by atomic mass is 79.9. The van der Waals surface area contributed by atoms with Gasteiger partial charge in [-0.1, -0.05) is 28.1 Å². The molecule has 1 atom stereocenters. The Bertz CT molecular complexity index is 512. The van der Waals surface area contributed by atoms with Crippen molar-refractivity contribution in [1.82, 2.24) is 9.97 Å². The predicted molar refractivity (Wildman–Crippen MR) is 72.5 cm³/mol. The number of halogens is 1. The Morgan fingerprint density at radius 3 is 2.88 bits per heavy atom. The maximum atomic E-state index is 5.77. The van der Waals surface area contributed by atoms with Crippen molar-refractivity contribution in [2.45, 2.75) is 19.4 Å². The van der Waals surface area contributed by atoms with E-state index in [0.717, 1.165) is 28.0 Å². The third-order valence-corrected chi connectivity index (χ3v) is 2.82. The number of benzene rings is 1. The average molecular weight is 292 g/mol. The topological polar surface area (TPSA) is 51.8 Å². The molecule has 4 heteroatoms. The predicted octanol–water partition coefficient (Wildman–Crippen LogP) is 2.80. The van der Waals surface area contributed by atoms with Crippen molar-refractivity contribution in [3.63, 3.8) is 0 Å². The van der Waals surface area contributed by atoms with Gasteiger partial charge in [0.05, 0.1) is 0 Å². The summed E-state index contributed by atoms with van der Waals surface area (Å²) in [4.78, 5) is 8.80. The lowest BCUT2D eigenvalue weighted by Crippen LogP contribution is -2.18. The van der Waals surface area contributed by atoms with E-state index in [9.17, 15) is 0 Å². The Morgan fingerprint density at radius 2 is 2.18 bits per heavy atom. The Kier molecular flexibility index (Phi) is 3.86. The normalized spacial score (nSPS) is 12.4. The monoisotopic (exact) mass is 291 g/mol. The van der Waals surface area contributed by atoms with Gasteiger partial charge in [-0.15, -0.1) is 0 Å². The highest BCUT2D eigenvalue weighted by molar-refractivity contribution is 9.10. The van der Waals surface area contributed by atoms with Crippen molar-refractivity contribution in [1.29, 1.82) is 0 Å². The number of nitrogens with two attached hydrogens (primary N) is 1. The quantitative estimate of drug-likeness (QED) is 0.946. The van der Waals surface area contributed by atoms with Crippen molar-refractivity contribution in [2.24, 2.45) is 5.73 Å². The number of aromatic nitrogens is 2. The largest absolute Gasteiger partial charge is 0.328 e. The molecule has 1 heterocycles. The molecule has 0 saturated carbocycles. The van der Waals surface area contributed by atoms with E-state index >= 15 is 0 Å². The molecule has 0 saturated heterocycles. The van der Waals surface area contributed by atoms with Gasteiger partial charge in [-0.25, -0.2) is 9.97 Å². The van der Waals surface area contributed by atoms with Crippen molar-refractivity contribution in [3.8, 4) is 11.4 Å². The average Bonchev–Trinajstić information content (AvgIpc) is 2.28. The van der Waals surface area contributed by atoms with E-state index in [-0.39, 0.29) is 6.04 Å². The Morgan fingerprint density at radius 1 is 1.35 bits per heavy atom. The molecule has 1 aromatic carbocycles. The van der Waals surface area contributed by atoms with E-state index < -0.39 is 0 Å². The van der Waals surface area contributed by atoms with Crippen LogP contribution in [0.2, 0.25) is 0 Å². The SMILES string of the molecule is CC(N)Cc1ccnc(-c2cccc(Br)c2)n1. The van der Waals surface area contributed by atoms with E-state index in [1.807, 2.05) is 37.3 Å². The van der Waals surface area contributed by atoms with Gasteiger partial charge in [-0.3, -0.25) is 0 Å². The molecule has 0 fully saturated rings. The van der Waals surface area contributed by atoms with E-state index in [1.165, 1.54) is 0 Å². The molecule has 0 amide bonds. The van der Waals surface area contributed by atoms with Gasteiger partial charge in [-0.05, 0) is 25.1 Å². The van der Waals surface area contributed by atoms with Gasteiger partial charge in [-0.2, -0.15) is 0 Å². The minimum absolute atomic E-state index is 0.111. The van der Waals surface area contributed by atoms with Crippen LogP contribution in [0.25, 0.3) is 11.4 Å². The molecule has 0 aliphatic carbocycles. The molecule has 17 heavy (non-hydrogen) atoms. The standard InChI is InChI=1S/C13H14BrN3/c1-9(15)7-12-5-6-16-13(17-12)10-3-2-4-11(14)8-10/h2-6,8-9H,7,15H2,1H3. The summed E-state index contributed by atoms with van der Waals surface area (Å²) in [5.41, 5.74) is 7.75. The highest BCUT2D eigenvalue weighted by Gasteiger charge is 2.04. The first-order valence-electron chi connectivity index (χ1n) is 5.48. The second-order valence-electron chi connectivity index (χ2n) is 4.06. The molecule has 1 unspecified atom stereocenters. The lowest BCUT2D eigenvalue weighted by atomic mass is 10.1. The van der Waals surface area contributed by atoms with E-state index in [2.05, 4.69) is 25.9 Å². The van der Waals surface area contributed by atoms with Crippen LogP contribution in [0.1, 0.15) is 12.6 Å². The minimum Gasteiger partial charge on any atom is -0.328 e. The lowest BCUT2D eigenvalue weighted by Gasteiger charge is -2.06. The third-order valence-electron chi connectivity index (χ3n) is 2.33.